The van der Waals surface area contributed by atoms with Gasteiger partial charge in [0.1, 0.15) is 0 Å². The van der Waals surface area contributed by atoms with E-state index in [2.05, 4.69) is 68.4 Å². The van der Waals surface area contributed by atoms with E-state index in [4.69, 9.17) is 0 Å². The molecule has 0 bridgehead atoms. The van der Waals surface area contributed by atoms with Crippen molar-refractivity contribution in [3.05, 3.63) is 35.9 Å². The highest BCUT2D eigenvalue weighted by atomic mass is 15.1. The summed E-state index contributed by atoms with van der Waals surface area (Å²) >= 11 is 0. The molecule has 2 nitrogen and oxygen atoms in total. The van der Waals surface area contributed by atoms with Gasteiger partial charge in [0.15, 0.2) is 0 Å². The molecule has 0 amide bonds. The summed E-state index contributed by atoms with van der Waals surface area (Å²) in [7, 11) is 2.19. The highest BCUT2D eigenvalue weighted by Crippen LogP contribution is 2.22. The van der Waals surface area contributed by atoms with Crippen LogP contribution in [0.2, 0.25) is 0 Å². The minimum absolute atomic E-state index is 0.458. The van der Waals surface area contributed by atoms with Crippen LogP contribution in [-0.2, 0) is 0 Å². The predicted octanol–water partition coefficient (Wildman–Crippen LogP) is 3.32. The molecule has 2 atom stereocenters. The Morgan fingerprint density at radius 3 is 2.39 bits per heavy atom. The molecule has 0 saturated carbocycles. The molecule has 0 aromatic heterocycles. The second kappa shape index (κ2) is 8.28. The van der Waals surface area contributed by atoms with Crippen LogP contribution in [0.3, 0.4) is 0 Å². The van der Waals surface area contributed by atoms with Gasteiger partial charge in [0.2, 0.25) is 0 Å². The summed E-state index contributed by atoms with van der Waals surface area (Å²) in [6.07, 6.45) is 1.18. The Bertz CT molecular complexity index is 310. The Labute approximate surface area is 112 Å². The molecular weight excluding hydrogens is 220 g/mol. The maximum Gasteiger partial charge on any atom is 0.0358 e. The minimum atomic E-state index is 0.458. The molecule has 102 valence electrons. The van der Waals surface area contributed by atoms with E-state index in [0.29, 0.717) is 12.0 Å². The van der Waals surface area contributed by atoms with Crippen LogP contribution in [0, 0.1) is 5.92 Å². The monoisotopic (exact) mass is 248 g/mol. The summed E-state index contributed by atoms with van der Waals surface area (Å²) in [6, 6.07) is 11.3. The van der Waals surface area contributed by atoms with Crippen LogP contribution < -0.4 is 5.32 Å². The van der Waals surface area contributed by atoms with Crippen LogP contribution in [0.1, 0.15) is 38.8 Å². The first-order chi connectivity index (χ1) is 8.69. The van der Waals surface area contributed by atoms with Gasteiger partial charge in [-0.15, -0.1) is 0 Å². The third-order valence-electron chi connectivity index (χ3n) is 3.48. The molecule has 2 unspecified atom stereocenters. The molecule has 0 heterocycles. The SMILES string of the molecule is CCCNC(c1ccccc1)C(C)CN(C)CC. The van der Waals surface area contributed by atoms with Crippen molar-refractivity contribution in [3.63, 3.8) is 0 Å². The standard InChI is InChI=1S/C16H28N2/c1-5-12-17-16(14(3)13-18(4)6-2)15-10-8-7-9-11-15/h7-11,14,16-17H,5-6,12-13H2,1-4H3. The first kappa shape index (κ1) is 15.2. The highest BCUT2D eigenvalue weighted by molar-refractivity contribution is 5.19. The van der Waals surface area contributed by atoms with Crippen LogP contribution in [0.15, 0.2) is 30.3 Å². The number of hydrogen-bond acceptors (Lipinski definition) is 2. The number of rotatable bonds is 8. The average Bonchev–Trinajstić information content (AvgIpc) is 2.40. The zero-order chi connectivity index (χ0) is 13.4. The van der Waals surface area contributed by atoms with Gasteiger partial charge in [0.05, 0.1) is 0 Å². The van der Waals surface area contributed by atoms with E-state index in [9.17, 15) is 0 Å². The molecular formula is C16H28N2. The molecule has 18 heavy (non-hydrogen) atoms. The fourth-order valence-electron chi connectivity index (χ4n) is 2.33. The number of hydrogen-bond donors (Lipinski definition) is 1. The normalized spacial score (nSPS) is 14.7. The first-order valence-corrected chi connectivity index (χ1v) is 7.15. The molecule has 2 heteroatoms. The molecule has 0 radical (unpaired) electrons. The lowest BCUT2D eigenvalue weighted by Crippen LogP contribution is -2.34. The molecule has 0 aliphatic heterocycles. The second-order valence-corrected chi connectivity index (χ2v) is 5.17. The lowest BCUT2D eigenvalue weighted by molar-refractivity contribution is 0.255. The van der Waals surface area contributed by atoms with Crippen molar-refractivity contribution in [3.8, 4) is 0 Å². The molecule has 0 saturated heterocycles. The summed E-state index contributed by atoms with van der Waals surface area (Å²) in [5.74, 6) is 0.615. The number of benzene rings is 1. The van der Waals surface area contributed by atoms with E-state index in [1.807, 2.05) is 0 Å². The lowest BCUT2D eigenvalue weighted by atomic mass is 9.94. The van der Waals surface area contributed by atoms with Crippen LogP contribution in [0.25, 0.3) is 0 Å². The fourth-order valence-corrected chi connectivity index (χ4v) is 2.33. The van der Waals surface area contributed by atoms with Gasteiger partial charge in [0.25, 0.3) is 0 Å². The van der Waals surface area contributed by atoms with Gasteiger partial charge in [-0.05, 0) is 38.0 Å². The van der Waals surface area contributed by atoms with Crippen molar-refractivity contribution in [1.29, 1.82) is 0 Å². The number of nitrogens with zero attached hydrogens (tertiary/aromatic N) is 1. The summed E-state index contributed by atoms with van der Waals surface area (Å²) < 4.78 is 0. The summed E-state index contributed by atoms with van der Waals surface area (Å²) in [5.41, 5.74) is 1.41. The molecule has 0 aliphatic carbocycles. The Morgan fingerprint density at radius 2 is 1.83 bits per heavy atom. The van der Waals surface area contributed by atoms with E-state index in [1.54, 1.807) is 0 Å². The molecule has 1 rings (SSSR count). The third kappa shape index (κ3) is 4.79. The lowest BCUT2D eigenvalue weighted by Gasteiger charge is -2.29. The smallest absolute Gasteiger partial charge is 0.0358 e. The van der Waals surface area contributed by atoms with Gasteiger partial charge in [0, 0.05) is 12.6 Å². The Balaban J connectivity index is 2.71. The zero-order valence-corrected chi connectivity index (χ0v) is 12.3. The van der Waals surface area contributed by atoms with Crippen LogP contribution in [0.4, 0.5) is 0 Å². The summed E-state index contributed by atoms with van der Waals surface area (Å²) in [6.45, 7) is 10.1. The minimum Gasteiger partial charge on any atom is -0.310 e. The maximum absolute atomic E-state index is 3.69. The second-order valence-electron chi connectivity index (χ2n) is 5.17. The van der Waals surface area contributed by atoms with Crippen molar-refractivity contribution in [1.82, 2.24) is 10.2 Å². The van der Waals surface area contributed by atoms with Gasteiger partial charge in [-0.3, -0.25) is 0 Å². The van der Waals surface area contributed by atoms with Crippen LogP contribution >= 0.6 is 0 Å². The van der Waals surface area contributed by atoms with Gasteiger partial charge in [-0.25, -0.2) is 0 Å². The van der Waals surface area contributed by atoms with Gasteiger partial charge in [-0.2, -0.15) is 0 Å². The summed E-state index contributed by atoms with van der Waals surface area (Å²) in [5, 5.41) is 3.69. The largest absolute Gasteiger partial charge is 0.310 e. The quantitative estimate of drug-likeness (QED) is 0.759. The van der Waals surface area contributed by atoms with E-state index in [-0.39, 0.29) is 0 Å². The zero-order valence-electron chi connectivity index (χ0n) is 12.3. The third-order valence-corrected chi connectivity index (χ3v) is 3.48. The van der Waals surface area contributed by atoms with E-state index in [1.165, 1.54) is 12.0 Å². The van der Waals surface area contributed by atoms with E-state index >= 15 is 0 Å². The molecule has 1 aromatic carbocycles. The van der Waals surface area contributed by atoms with Crippen molar-refractivity contribution in [2.75, 3.05) is 26.7 Å². The molecule has 0 fully saturated rings. The van der Waals surface area contributed by atoms with Gasteiger partial charge < -0.3 is 10.2 Å². The maximum atomic E-state index is 3.69. The van der Waals surface area contributed by atoms with Crippen molar-refractivity contribution in [2.24, 2.45) is 5.92 Å². The van der Waals surface area contributed by atoms with Gasteiger partial charge >= 0.3 is 0 Å². The molecule has 0 spiro atoms. The van der Waals surface area contributed by atoms with E-state index in [0.717, 1.165) is 19.6 Å². The predicted molar refractivity (Wildman–Crippen MR) is 79.8 cm³/mol. The molecule has 1 N–H and O–H groups in total. The first-order valence-electron chi connectivity index (χ1n) is 7.15. The highest BCUT2D eigenvalue weighted by Gasteiger charge is 2.19. The van der Waals surface area contributed by atoms with Crippen molar-refractivity contribution in [2.45, 2.75) is 33.2 Å². The van der Waals surface area contributed by atoms with Gasteiger partial charge in [-0.1, -0.05) is 51.1 Å². The Morgan fingerprint density at radius 1 is 1.17 bits per heavy atom. The Kier molecular flexibility index (Phi) is 6.99. The summed E-state index contributed by atoms with van der Waals surface area (Å²) in [4.78, 5) is 2.38. The van der Waals surface area contributed by atoms with Crippen LogP contribution in [0.5, 0.6) is 0 Å². The van der Waals surface area contributed by atoms with Crippen molar-refractivity contribution >= 4 is 0 Å². The number of nitrogens with one attached hydrogen (secondary N) is 1. The molecule has 0 aliphatic rings. The fraction of sp³-hybridized carbons (Fsp3) is 0.625. The molecule has 1 aromatic rings. The Hall–Kier alpha value is -0.860. The van der Waals surface area contributed by atoms with Crippen LogP contribution in [-0.4, -0.2) is 31.6 Å². The average molecular weight is 248 g/mol. The van der Waals surface area contributed by atoms with E-state index < -0.39 is 0 Å². The van der Waals surface area contributed by atoms with Crippen molar-refractivity contribution < 1.29 is 0 Å². The topological polar surface area (TPSA) is 15.3 Å².